The third-order valence-corrected chi connectivity index (χ3v) is 4.07. The third-order valence-electron chi connectivity index (χ3n) is 4.07. The van der Waals surface area contributed by atoms with Crippen molar-refractivity contribution in [3.8, 4) is 0 Å². The minimum atomic E-state index is -0.859. The van der Waals surface area contributed by atoms with Crippen LogP contribution in [0.25, 0.3) is 0 Å². The van der Waals surface area contributed by atoms with E-state index in [0.29, 0.717) is 6.54 Å². The second-order valence-corrected chi connectivity index (χ2v) is 7.03. The van der Waals surface area contributed by atoms with Crippen molar-refractivity contribution in [1.29, 1.82) is 0 Å². The van der Waals surface area contributed by atoms with Crippen LogP contribution in [-0.4, -0.2) is 36.2 Å². The van der Waals surface area contributed by atoms with Crippen molar-refractivity contribution >= 4 is 5.91 Å². The Labute approximate surface area is 135 Å². The van der Waals surface area contributed by atoms with Crippen molar-refractivity contribution in [2.75, 3.05) is 13.1 Å². The van der Waals surface area contributed by atoms with Gasteiger partial charge < -0.3 is 15.4 Å². The van der Waals surface area contributed by atoms with Crippen molar-refractivity contribution in [1.82, 2.24) is 10.6 Å². The number of halogens is 2. The highest BCUT2D eigenvalue weighted by molar-refractivity contribution is 5.94. The molecule has 23 heavy (non-hydrogen) atoms. The first-order valence-corrected chi connectivity index (χ1v) is 7.78. The van der Waals surface area contributed by atoms with Gasteiger partial charge in [0.1, 0.15) is 17.2 Å². The lowest BCUT2D eigenvalue weighted by Gasteiger charge is -2.27. The van der Waals surface area contributed by atoms with Crippen molar-refractivity contribution in [2.45, 2.75) is 51.4 Å². The Morgan fingerprint density at radius 1 is 1.22 bits per heavy atom. The average molecular weight is 326 g/mol. The Hall–Kier alpha value is -1.53. The Balaban J connectivity index is 1.83. The number of ether oxygens (including phenoxy) is 1. The maximum absolute atomic E-state index is 13.5. The molecule has 1 fully saturated rings. The number of benzene rings is 1. The van der Waals surface area contributed by atoms with Crippen LogP contribution < -0.4 is 10.6 Å². The van der Waals surface area contributed by atoms with Gasteiger partial charge in [-0.15, -0.1) is 0 Å². The molecule has 1 aromatic rings. The van der Waals surface area contributed by atoms with E-state index in [4.69, 9.17) is 4.74 Å². The molecule has 2 N–H and O–H groups in total. The number of nitrogens with one attached hydrogen (secondary N) is 2. The van der Waals surface area contributed by atoms with Crippen LogP contribution >= 0.6 is 0 Å². The quantitative estimate of drug-likeness (QED) is 0.818. The minimum Gasteiger partial charge on any atom is -0.368 e. The van der Waals surface area contributed by atoms with Gasteiger partial charge in [0.2, 0.25) is 0 Å². The van der Waals surface area contributed by atoms with Crippen LogP contribution in [-0.2, 0) is 4.74 Å². The van der Waals surface area contributed by atoms with E-state index in [9.17, 15) is 13.6 Å². The molecule has 0 aromatic heterocycles. The first-order chi connectivity index (χ1) is 10.6. The van der Waals surface area contributed by atoms with E-state index >= 15 is 0 Å². The Bertz CT molecular complexity index is 568. The SMILES string of the molecule is CC1(C)C[C@@H](NCCNC(=O)c2c(F)cccc2F)C(C)(C)O1. The Kier molecular flexibility index (Phi) is 5.06. The van der Waals surface area contributed by atoms with E-state index in [0.717, 1.165) is 18.6 Å². The summed E-state index contributed by atoms with van der Waals surface area (Å²) in [4.78, 5) is 11.9. The predicted octanol–water partition coefficient (Wildman–Crippen LogP) is 2.63. The topological polar surface area (TPSA) is 50.4 Å². The summed E-state index contributed by atoms with van der Waals surface area (Å²) in [5, 5.41) is 5.87. The van der Waals surface area contributed by atoms with E-state index in [1.165, 1.54) is 6.07 Å². The summed E-state index contributed by atoms with van der Waals surface area (Å²) in [7, 11) is 0. The molecule has 2 rings (SSSR count). The fraction of sp³-hybridized carbons (Fsp3) is 0.588. The summed E-state index contributed by atoms with van der Waals surface area (Å²) in [6.07, 6.45) is 0.857. The highest BCUT2D eigenvalue weighted by Gasteiger charge is 2.45. The van der Waals surface area contributed by atoms with Gasteiger partial charge in [-0.05, 0) is 46.2 Å². The molecule has 0 bridgehead atoms. The van der Waals surface area contributed by atoms with Crippen LogP contribution in [0.2, 0.25) is 0 Å². The molecule has 1 saturated heterocycles. The van der Waals surface area contributed by atoms with Gasteiger partial charge >= 0.3 is 0 Å². The molecule has 6 heteroatoms. The monoisotopic (exact) mass is 326 g/mol. The zero-order chi connectivity index (χ0) is 17.3. The Morgan fingerprint density at radius 2 is 1.83 bits per heavy atom. The minimum absolute atomic E-state index is 0.152. The number of carbonyl (C=O) groups is 1. The maximum atomic E-state index is 13.5. The number of amides is 1. The molecular weight excluding hydrogens is 302 g/mol. The zero-order valence-corrected chi connectivity index (χ0v) is 14.0. The van der Waals surface area contributed by atoms with Crippen LogP contribution in [0.1, 0.15) is 44.5 Å². The molecular formula is C17H24F2N2O2. The van der Waals surface area contributed by atoms with Crippen LogP contribution in [0.5, 0.6) is 0 Å². The summed E-state index contributed by atoms with van der Waals surface area (Å²) < 4.78 is 33.0. The summed E-state index contributed by atoms with van der Waals surface area (Å²) >= 11 is 0. The van der Waals surface area contributed by atoms with Crippen LogP contribution in [0.15, 0.2) is 18.2 Å². The normalized spacial score (nSPS) is 22.1. The molecule has 0 spiro atoms. The fourth-order valence-corrected chi connectivity index (χ4v) is 3.11. The van der Waals surface area contributed by atoms with E-state index in [2.05, 4.69) is 10.6 Å². The van der Waals surface area contributed by atoms with Gasteiger partial charge in [0.25, 0.3) is 5.91 Å². The van der Waals surface area contributed by atoms with E-state index in [-0.39, 0.29) is 23.8 Å². The first-order valence-electron chi connectivity index (χ1n) is 7.78. The van der Waals surface area contributed by atoms with Gasteiger partial charge in [-0.1, -0.05) is 6.07 Å². The molecule has 0 unspecified atom stereocenters. The Morgan fingerprint density at radius 3 is 2.35 bits per heavy atom. The van der Waals surface area contributed by atoms with Crippen molar-refractivity contribution < 1.29 is 18.3 Å². The largest absolute Gasteiger partial charge is 0.368 e. The van der Waals surface area contributed by atoms with Crippen LogP contribution in [0.4, 0.5) is 8.78 Å². The maximum Gasteiger partial charge on any atom is 0.257 e. The van der Waals surface area contributed by atoms with Gasteiger partial charge in [-0.2, -0.15) is 0 Å². The number of hydrogen-bond acceptors (Lipinski definition) is 3. The molecule has 1 atom stereocenters. The smallest absolute Gasteiger partial charge is 0.257 e. The summed E-state index contributed by atoms with van der Waals surface area (Å²) in [6, 6.07) is 3.51. The second kappa shape index (κ2) is 6.53. The highest BCUT2D eigenvalue weighted by atomic mass is 19.1. The lowest BCUT2D eigenvalue weighted by molar-refractivity contribution is -0.0697. The van der Waals surface area contributed by atoms with Crippen LogP contribution in [0.3, 0.4) is 0 Å². The lowest BCUT2D eigenvalue weighted by Crippen LogP contribution is -2.46. The highest BCUT2D eigenvalue weighted by Crippen LogP contribution is 2.36. The molecule has 1 amide bonds. The summed E-state index contributed by atoms with van der Waals surface area (Å²) in [5.41, 5.74) is -1.04. The summed E-state index contributed by atoms with van der Waals surface area (Å²) in [5.74, 6) is -2.46. The number of hydrogen-bond donors (Lipinski definition) is 2. The van der Waals surface area contributed by atoms with Crippen molar-refractivity contribution in [3.63, 3.8) is 0 Å². The average Bonchev–Trinajstić information content (AvgIpc) is 2.62. The predicted molar refractivity (Wildman–Crippen MR) is 84.3 cm³/mol. The lowest BCUT2D eigenvalue weighted by atomic mass is 9.94. The molecule has 0 radical (unpaired) electrons. The van der Waals surface area contributed by atoms with Gasteiger partial charge in [0.15, 0.2) is 0 Å². The van der Waals surface area contributed by atoms with Gasteiger partial charge in [-0.25, -0.2) is 8.78 Å². The fourth-order valence-electron chi connectivity index (χ4n) is 3.11. The van der Waals surface area contributed by atoms with E-state index in [1.807, 2.05) is 27.7 Å². The first kappa shape index (κ1) is 17.8. The number of carbonyl (C=O) groups excluding carboxylic acids is 1. The zero-order valence-electron chi connectivity index (χ0n) is 14.0. The number of rotatable bonds is 5. The molecule has 0 saturated carbocycles. The standard InChI is InChI=1S/C17H24F2N2O2/c1-16(2)10-13(17(3,4)23-16)20-8-9-21-15(22)14-11(18)6-5-7-12(14)19/h5-7,13,20H,8-10H2,1-4H3,(H,21,22)/t13-/m1/s1. The van der Waals surface area contributed by atoms with Crippen molar-refractivity contribution in [3.05, 3.63) is 35.4 Å². The van der Waals surface area contributed by atoms with E-state index in [1.54, 1.807) is 0 Å². The molecule has 1 aliphatic rings. The van der Waals surface area contributed by atoms with Crippen molar-refractivity contribution in [2.24, 2.45) is 0 Å². The second-order valence-electron chi connectivity index (χ2n) is 7.03. The molecule has 1 aliphatic heterocycles. The summed E-state index contributed by atoms with van der Waals surface area (Å²) in [6.45, 7) is 8.90. The molecule has 1 heterocycles. The molecule has 4 nitrogen and oxygen atoms in total. The van der Waals surface area contributed by atoms with Crippen LogP contribution in [0, 0.1) is 11.6 Å². The van der Waals surface area contributed by atoms with E-state index < -0.39 is 23.1 Å². The molecule has 128 valence electrons. The molecule has 0 aliphatic carbocycles. The van der Waals surface area contributed by atoms with Gasteiger partial charge in [-0.3, -0.25) is 4.79 Å². The van der Waals surface area contributed by atoms with Gasteiger partial charge in [0, 0.05) is 19.1 Å². The third kappa shape index (κ3) is 4.26. The van der Waals surface area contributed by atoms with Gasteiger partial charge in [0.05, 0.1) is 11.2 Å². The molecule has 1 aromatic carbocycles.